The van der Waals surface area contributed by atoms with Gasteiger partial charge in [-0.25, -0.2) is 9.37 Å². The molecule has 0 aliphatic carbocycles. The average Bonchev–Trinajstić information content (AvgIpc) is 2.43. The molecule has 0 fully saturated rings. The molecule has 22 heavy (non-hydrogen) atoms. The number of hydrogen-bond acceptors (Lipinski definition) is 4. The van der Waals surface area contributed by atoms with Crippen LogP contribution in [0, 0.1) is 17.1 Å². The molecule has 0 amide bonds. The minimum atomic E-state index is -3.49. The van der Waals surface area contributed by atoms with Crippen LogP contribution in [0.1, 0.15) is 18.2 Å². The monoisotopic (exact) mass is 329 g/mol. The molecule has 0 bridgehead atoms. The average molecular weight is 330 g/mol. The van der Waals surface area contributed by atoms with Gasteiger partial charge in [0, 0.05) is 18.0 Å². The summed E-state index contributed by atoms with van der Waals surface area (Å²) in [6, 6.07) is 3.53. The number of alkyl halides is 2. The topological polar surface area (TPSA) is 78.8 Å². The second-order valence-electron chi connectivity index (χ2n) is 4.28. The van der Waals surface area contributed by atoms with Crippen molar-refractivity contribution in [1.82, 2.24) is 9.97 Å². The number of nitrogens with one attached hydrogen (secondary N) is 1. The number of aromatic amines is 1. The van der Waals surface area contributed by atoms with Crippen LogP contribution in [-0.2, 0) is 5.92 Å². The Morgan fingerprint density at radius 2 is 2.14 bits per heavy atom. The van der Waals surface area contributed by atoms with E-state index in [2.05, 4.69) is 4.98 Å². The van der Waals surface area contributed by atoms with Gasteiger partial charge in [0.1, 0.15) is 6.07 Å². The summed E-state index contributed by atoms with van der Waals surface area (Å²) < 4.78 is 45.8. The highest BCUT2D eigenvalue weighted by Gasteiger charge is 2.33. The molecule has 0 unspecified atom stereocenters. The molecule has 0 atom stereocenters. The van der Waals surface area contributed by atoms with Gasteiger partial charge >= 0.3 is 0 Å². The number of H-pyrrole nitrogens is 1. The van der Waals surface area contributed by atoms with Crippen LogP contribution in [0.25, 0.3) is 0 Å². The van der Waals surface area contributed by atoms with Crippen molar-refractivity contribution in [1.29, 1.82) is 5.26 Å². The highest BCUT2D eigenvalue weighted by molar-refractivity contribution is 6.30. The molecular formula is C13H7ClF3N3O2. The van der Waals surface area contributed by atoms with Crippen molar-refractivity contribution < 1.29 is 17.9 Å². The number of aromatic nitrogens is 2. The molecule has 0 saturated heterocycles. The number of nitriles is 1. The predicted molar refractivity (Wildman–Crippen MR) is 70.6 cm³/mol. The van der Waals surface area contributed by atoms with Gasteiger partial charge in [0.25, 0.3) is 11.5 Å². The van der Waals surface area contributed by atoms with Crippen LogP contribution in [0.3, 0.4) is 0 Å². The largest absolute Gasteiger partial charge is 0.446 e. The Hall–Kier alpha value is -2.53. The molecule has 1 aromatic carbocycles. The fourth-order valence-electron chi connectivity index (χ4n) is 1.62. The van der Waals surface area contributed by atoms with E-state index in [4.69, 9.17) is 21.6 Å². The molecule has 1 aromatic heterocycles. The maximum atomic E-state index is 14.0. The van der Waals surface area contributed by atoms with Crippen molar-refractivity contribution >= 4 is 11.6 Å². The van der Waals surface area contributed by atoms with Gasteiger partial charge in [0.2, 0.25) is 5.75 Å². The van der Waals surface area contributed by atoms with Gasteiger partial charge < -0.3 is 9.72 Å². The van der Waals surface area contributed by atoms with E-state index >= 15 is 0 Å². The number of ether oxygens (including phenoxy) is 1. The lowest BCUT2D eigenvalue weighted by atomic mass is 10.2. The van der Waals surface area contributed by atoms with Gasteiger partial charge in [-0.15, -0.1) is 0 Å². The predicted octanol–water partition coefficient (Wildman–Crippen LogP) is 3.34. The van der Waals surface area contributed by atoms with Gasteiger partial charge in [-0.2, -0.15) is 14.0 Å². The number of halogens is 4. The zero-order valence-electron chi connectivity index (χ0n) is 11.0. The fourth-order valence-corrected chi connectivity index (χ4v) is 1.83. The number of hydrogen-bond donors (Lipinski definition) is 1. The van der Waals surface area contributed by atoms with Crippen LogP contribution in [0.2, 0.25) is 5.02 Å². The molecule has 114 valence electrons. The first-order valence-corrected chi connectivity index (χ1v) is 6.15. The summed E-state index contributed by atoms with van der Waals surface area (Å²) in [7, 11) is 0. The van der Waals surface area contributed by atoms with Crippen LogP contribution in [0.5, 0.6) is 11.5 Å². The highest BCUT2D eigenvalue weighted by Crippen LogP contribution is 2.34. The first-order valence-electron chi connectivity index (χ1n) is 5.77. The Labute approximate surface area is 126 Å². The summed E-state index contributed by atoms with van der Waals surface area (Å²) in [6.45, 7) is 0.511. The fraction of sp³-hybridized carbons (Fsp3) is 0.154. The molecule has 2 rings (SSSR count). The minimum Gasteiger partial charge on any atom is -0.446 e. The molecule has 9 heteroatoms. The van der Waals surface area contributed by atoms with E-state index in [0.717, 1.165) is 18.5 Å². The van der Waals surface area contributed by atoms with Gasteiger partial charge in [-0.05, 0) is 6.07 Å². The summed E-state index contributed by atoms with van der Waals surface area (Å²) in [5, 5.41) is 8.71. The van der Waals surface area contributed by atoms with Crippen molar-refractivity contribution in [2.24, 2.45) is 0 Å². The van der Waals surface area contributed by atoms with E-state index in [1.54, 1.807) is 0 Å². The number of nitrogens with zero attached hydrogens (tertiary/aromatic N) is 2. The molecular weight excluding hydrogens is 323 g/mol. The van der Waals surface area contributed by atoms with Crippen LogP contribution in [0.15, 0.2) is 23.3 Å². The Kier molecular flexibility index (Phi) is 4.10. The van der Waals surface area contributed by atoms with Crippen molar-refractivity contribution in [2.45, 2.75) is 12.8 Å². The summed E-state index contributed by atoms with van der Waals surface area (Å²) in [5.74, 6) is -6.12. The summed E-state index contributed by atoms with van der Waals surface area (Å²) in [4.78, 5) is 17.1. The van der Waals surface area contributed by atoms with Crippen LogP contribution < -0.4 is 10.3 Å². The minimum absolute atomic E-state index is 0.0573. The van der Waals surface area contributed by atoms with E-state index in [9.17, 15) is 18.0 Å². The second kappa shape index (κ2) is 5.69. The number of benzene rings is 1. The Morgan fingerprint density at radius 1 is 1.45 bits per heavy atom. The van der Waals surface area contributed by atoms with Crippen LogP contribution in [0.4, 0.5) is 13.2 Å². The lowest BCUT2D eigenvalue weighted by Gasteiger charge is -2.14. The van der Waals surface area contributed by atoms with Crippen molar-refractivity contribution in [3.8, 4) is 17.6 Å². The van der Waals surface area contributed by atoms with E-state index in [1.807, 2.05) is 4.98 Å². The Balaban J connectivity index is 2.61. The Morgan fingerprint density at radius 3 is 2.73 bits per heavy atom. The lowest BCUT2D eigenvalue weighted by Crippen LogP contribution is -2.20. The van der Waals surface area contributed by atoms with Gasteiger partial charge in [-0.1, -0.05) is 11.6 Å². The summed E-state index contributed by atoms with van der Waals surface area (Å²) >= 11 is 5.69. The third-order valence-corrected chi connectivity index (χ3v) is 2.78. The first kappa shape index (κ1) is 15.9. The molecule has 5 nitrogen and oxygen atoms in total. The van der Waals surface area contributed by atoms with Crippen molar-refractivity contribution in [3.05, 3.63) is 50.9 Å². The van der Waals surface area contributed by atoms with Crippen LogP contribution in [-0.4, -0.2) is 9.97 Å². The molecule has 1 heterocycles. The third-order valence-electron chi connectivity index (χ3n) is 2.56. The normalized spacial score (nSPS) is 11.1. The second-order valence-corrected chi connectivity index (χ2v) is 4.71. The Bertz CT molecular complexity index is 825. The molecule has 0 spiro atoms. The van der Waals surface area contributed by atoms with Gasteiger partial charge in [0.05, 0.1) is 11.9 Å². The highest BCUT2D eigenvalue weighted by atomic mass is 35.5. The summed E-state index contributed by atoms with van der Waals surface area (Å²) in [6.07, 6.45) is 0.775. The SMILES string of the molecule is CC(F)(F)c1nc[nH]c(=O)c1Oc1cc(Cl)cc(C#N)c1F. The van der Waals surface area contributed by atoms with Crippen molar-refractivity contribution in [3.63, 3.8) is 0 Å². The smallest absolute Gasteiger partial charge is 0.294 e. The maximum absolute atomic E-state index is 14.0. The molecule has 0 aliphatic rings. The lowest BCUT2D eigenvalue weighted by molar-refractivity contribution is 0.0102. The van der Waals surface area contributed by atoms with E-state index in [1.165, 1.54) is 6.07 Å². The first-order chi connectivity index (χ1) is 10.2. The molecule has 0 radical (unpaired) electrons. The van der Waals surface area contributed by atoms with Gasteiger partial charge in [0.15, 0.2) is 17.3 Å². The molecule has 1 N–H and O–H groups in total. The van der Waals surface area contributed by atoms with E-state index in [0.29, 0.717) is 6.92 Å². The van der Waals surface area contributed by atoms with Gasteiger partial charge in [-0.3, -0.25) is 4.79 Å². The standard InChI is InChI=1S/C13H7ClF3N3O2/c1-13(16,17)11-10(12(21)20-5-19-11)22-8-3-7(14)2-6(4-18)9(8)15/h2-3,5H,1H3,(H,19,20,21). The van der Waals surface area contributed by atoms with Crippen molar-refractivity contribution in [2.75, 3.05) is 0 Å². The zero-order valence-corrected chi connectivity index (χ0v) is 11.7. The van der Waals surface area contributed by atoms with E-state index < -0.39 is 40.1 Å². The summed E-state index contributed by atoms with van der Waals surface area (Å²) in [5.41, 5.74) is -2.44. The zero-order chi connectivity index (χ0) is 16.5. The maximum Gasteiger partial charge on any atom is 0.294 e. The molecule has 0 saturated carbocycles. The number of rotatable bonds is 3. The van der Waals surface area contributed by atoms with E-state index in [-0.39, 0.29) is 5.02 Å². The quantitative estimate of drug-likeness (QED) is 0.936. The molecule has 2 aromatic rings. The molecule has 0 aliphatic heterocycles. The third kappa shape index (κ3) is 3.04. The van der Waals surface area contributed by atoms with Crippen LogP contribution >= 0.6 is 11.6 Å².